The normalized spacial score (nSPS) is 12.5. The summed E-state index contributed by atoms with van der Waals surface area (Å²) in [5.74, 6) is -1.67. The highest BCUT2D eigenvalue weighted by molar-refractivity contribution is 7.89. The lowest BCUT2D eigenvalue weighted by Gasteiger charge is -2.24. The number of thiophene rings is 1. The molecule has 0 atom stereocenters. The van der Waals surface area contributed by atoms with Crippen LogP contribution in [-0.4, -0.2) is 19.5 Å². The highest BCUT2D eigenvalue weighted by atomic mass is 32.2. The van der Waals surface area contributed by atoms with Gasteiger partial charge in [-0.15, -0.1) is 11.3 Å². The van der Waals surface area contributed by atoms with Crippen LogP contribution in [0.4, 0.5) is 0 Å². The second-order valence-corrected chi connectivity index (χ2v) is 7.64. The summed E-state index contributed by atoms with van der Waals surface area (Å²) in [5, 5.41) is 10.7. The van der Waals surface area contributed by atoms with Crippen LogP contribution < -0.4 is 4.72 Å². The first-order valence-corrected chi connectivity index (χ1v) is 8.41. The van der Waals surface area contributed by atoms with Crippen LogP contribution in [0.25, 0.3) is 0 Å². The summed E-state index contributed by atoms with van der Waals surface area (Å²) >= 11 is 1.44. The van der Waals surface area contributed by atoms with Gasteiger partial charge in [0.15, 0.2) is 0 Å². The Morgan fingerprint density at radius 1 is 1.43 bits per heavy atom. The molecule has 0 aliphatic heterocycles. The summed E-state index contributed by atoms with van der Waals surface area (Å²) in [6.07, 6.45) is 0. The standard InChI is InChI=1S/C13H15NO5S2/c1-8-10(7-9(19-8)12(15)16)21(17,18)14-13(2,3)11-5-4-6-20-11/h4-7,14H,1-3H3,(H,15,16). The van der Waals surface area contributed by atoms with Gasteiger partial charge in [0.1, 0.15) is 10.7 Å². The molecule has 0 amide bonds. The van der Waals surface area contributed by atoms with Crippen LogP contribution in [0.15, 0.2) is 32.9 Å². The van der Waals surface area contributed by atoms with E-state index in [0.717, 1.165) is 10.9 Å². The lowest BCUT2D eigenvalue weighted by Crippen LogP contribution is -2.40. The van der Waals surface area contributed by atoms with E-state index in [4.69, 9.17) is 9.52 Å². The lowest BCUT2D eigenvalue weighted by molar-refractivity contribution is 0.0661. The summed E-state index contributed by atoms with van der Waals surface area (Å²) in [7, 11) is -3.89. The first kappa shape index (κ1) is 15.7. The molecule has 2 aromatic rings. The molecule has 2 heterocycles. The monoisotopic (exact) mass is 329 g/mol. The van der Waals surface area contributed by atoms with Crippen molar-refractivity contribution in [3.63, 3.8) is 0 Å². The first-order chi connectivity index (χ1) is 9.63. The van der Waals surface area contributed by atoms with Gasteiger partial charge in [-0.05, 0) is 32.2 Å². The number of carboxylic acid groups (broad SMARTS) is 1. The second-order valence-electron chi connectivity index (χ2n) is 5.04. The minimum Gasteiger partial charge on any atom is -0.475 e. The molecule has 0 fully saturated rings. The molecule has 0 aliphatic carbocycles. The zero-order valence-corrected chi connectivity index (χ0v) is 13.3. The largest absolute Gasteiger partial charge is 0.475 e. The van der Waals surface area contributed by atoms with E-state index in [1.165, 1.54) is 18.3 Å². The molecule has 8 heteroatoms. The second kappa shape index (κ2) is 5.28. The highest BCUT2D eigenvalue weighted by Gasteiger charge is 2.31. The SMILES string of the molecule is Cc1oc(C(=O)O)cc1S(=O)(=O)NC(C)(C)c1cccs1. The molecule has 2 N–H and O–H groups in total. The zero-order chi connectivity index (χ0) is 15.8. The maximum absolute atomic E-state index is 12.4. The Hall–Kier alpha value is -1.64. The van der Waals surface area contributed by atoms with Crippen molar-refractivity contribution in [2.45, 2.75) is 31.2 Å². The Labute approximate surface area is 126 Å². The van der Waals surface area contributed by atoms with Crippen LogP contribution >= 0.6 is 11.3 Å². The molecule has 0 aromatic carbocycles. The fraction of sp³-hybridized carbons (Fsp3) is 0.308. The van der Waals surface area contributed by atoms with Crippen LogP contribution in [0.1, 0.15) is 35.0 Å². The molecular formula is C13H15NO5S2. The summed E-state index contributed by atoms with van der Waals surface area (Å²) in [6.45, 7) is 4.90. The Morgan fingerprint density at radius 2 is 2.10 bits per heavy atom. The number of rotatable bonds is 5. The van der Waals surface area contributed by atoms with E-state index >= 15 is 0 Å². The fourth-order valence-electron chi connectivity index (χ4n) is 1.91. The highest BCUT2D eigenvalue weighted by Crippen LogP contribution is 2.28. The molecule has 0 bridgehead atoms. The third-order valence-corrected chi connectivity index (χ3v) is 5.86. The number of hydrogen-bond acceptors (Lipinski definition) is 5. The van der Waals surface area contributed by atoms with Crippen LogP contribution in [0, 0.1) is 6.92 Å². The van der Waals surface area contributed by atoms with Crippen LogP contribution in [-0.2, 0) is 15.6 Å². The average Bonchev–Trinajstić information content (AvgIpc) is 2.95. The number of aryl methyl sites for hydroxylation is 1. The number of aromatic carboxylic acids is 1. The van der Waals surface area contributed by atoms with Gasteiger partial charge >= 0.3 is 5.97 Å². The van der Waals surface area contributed by atoms with Crippen molar-refractivity contribution in [3.05, 3.63) is 40.0 Å². The predicted molar refractivity (Wildman–Crippen MR) is 78.1 cm³/mol. The average molecular weight is 329 g/mol. The Balaban J connectivity index is 2.37. The topological polar surface area (TPSA) is 96.6 Å². The van der Waals surface area contributed by atoms with Gasteiger partial charge in [-0.3, -0.25) is 0 Å². The molecule has 21 heavy (non-hydrogen) atoms. The molecule has 0 saturated heterocycles. The Bertz CT molecular complexity index is 757. The van der Waals surface area contributed by atoms with Crippen molar-refractivity contribution >= 4 is 27.3 Å². The first-order valence-electron chi connectivity index (χ1n) is 6.05. The maximum Gasteiger partial charge on any atom is 0.371 e. The Kier molecular flexibility index (Phi) is 3.96. The predicted octanol–water partition coefficient (Wildman–Crippen LogP) is 2.56. The number of nitrogens with one attached hydrogen (secondary N) is 1. The third-order valence-electron chi connectivity index (χ3n) is 2.90. The minimum absolute atomic E-state index is 0.0434. The van der Waals surface area contributed by atoms with Crippen LogP contribution in [0.2, 0.25) is 0 Å². The van der Waals surface area contributed by atoms with Gasteiger partial charge in [-0.1, -0.05) is 6.07 Å². The van der Waals surface area contributed by atoms with Gasteiger partial charge < -0.3 is 9.52 Å². The third kappa shape index (κ3) is 3.17. The van der Waals surface area contributed by atoms with E-state index in [1.807, 2.05) is 17.5 Å². The smallest absolute Gasteiger partial charge is 0.371 e. The van der Waals surface area contributed by atoms with Crippen molar-refractivity contribution in [1.82, 2.24) is 4.72 Å². The summed E-state index contributed by atoms with van der Waals surface area (Å²) in [5.41, 5.74) is -0.805. The zero-order valence-electron chi connectivity index (χ0n) is 11.7. The van der Waals surface area contributed by atoms with E-state index in [0.29, 0.717) is 0 Å². The van der Waals surface area contributed by atoms with Crippen molar-refractivity contribution in [2.75, 3.05) is 0 Å². The summed E-state index contributed by atoms with van der Waals surface area (Å²) in [6, 6.07) is 4.68. The number of furan rings is 1. The molecular weight excluding hydrogens is 314 g/mol. The molecule has 2 rings (SSSR count). The van der Waals surface area contributed by atoms with Gasteiger partial charge in [-0.2, -0.15) is 0 Å². The van der Waals surface area contributed by atoms with Gasteiger partial charge in [-0.25, -0.2) is 17.9 Å². The van der Waals surface area contributed by atoms with E-state index in [2.05, 4.69) is 4.72 Å². The van der Waals surface area contributed by atoms with Gasteiger partial charge in [0.05, 0.1) is 5.54 Å². The number of carbonyl (C=O) groups is 1. The number of carboxylic acids is 1. The number of sulfonamides is 1. The molecule has 114 valence electrons. The van der Waals surface area contributed by atoms with E-state index in [9.17, 15) is 13.2 Å². The lowest BCUT2D eigenvalue weighted by atomic mass is 10.1. The van der Waals surface area contributed by atoms with Crippen LogP contribution in [0.3, 0.4) is 0 Å². The summed E-state index contributed by atoms with van der Waals surface area (Å²) < 4.78 is 32.4. The molecule has 0 spiro atoms. The van der Waals surface area contributed by atoms with Gasteiger partial charge in [0, 0.05) is 10.9 Å². The molecule has 0 radical (unpaired) electrons. The molecule has 6 nitrogen and oxygen atoms in total. The van der Waals surface area contributed by atoms with E-state index in [1.54, 1.807) is 13.8 Å². The van der Waals surface area contributed by atoms with Gasteiger partial charge in [0.25, 0.3) is 0 Å². The van der Waals surface area contributed by atoms with Crippen molar-refractivity contribution in [3.8, 4) is 0 Å². The van der Waals surface area contributed by atoms with Gasteiger partial charge in [0.2, 0.25) is 15.8 Å². The summed E-state index contributed by atoms with van der Waals surface area (Å²) in [4.78, 5) is 11.5. The van der Waals surface area contributed by atoms with Crippen molar-refractivity contribution < 1.29 is 22.7 Å². The molecule has 0 unspecified atom stereocenters. The van der Waals surface area contributed by atoms with Crippen molar-refractivity contribution in [2.24, 2.45) is 0 Å². The minimum atomic E-state index is -3.89. The van der Waals surface area contributed by atoms with E-state index in [-0.39, 0.29) is 10.7 Å². The molecule has 0 saturated carbocycles. The molecule has 2 aromatic heterocycles. The molecule has 0 aliphatic rings. The fourth-order valence-corrected chi connectivity index (χ4v) is 4.36. The van der Waals surface area contributed by atoms with E-state index < -0.39 is 27.3 Å². The maximum atomic E-state index is 12.4. The van der Waals surface area contributed by atoms with Crippen LogP contribution in [0.5, 0.6) is 0 Å². The van der Waals surface area contributed by atoms with Crippen molar-refractivity contribution in [1.29, 1.82) is 0 Å². The number of hydrogen-bond donors (Lipinski definition) is 2. The Morgan fingerprint density at radius 3 is 2.57 bits per heavy atom. The quantitative estimate of drug-likeness (QED) is 0.879.